The maximum atomic E-state index is 11.7. The maximum absolute atomic E-state index is 11.7. The van der Waals surface area contributed by atoms with Crippen molar-refractivity contribution in [2.75, 3.05) is 17.3 Å². The number of amides is 1. The minimum atomic E-state index is -2.94. The molecule has 2 fully saturated rings. The summed E-state index contributed by atoms with van der Waals surface area (Å²) in [6.07, 6.45) is 2.74. The van der Waals surface area contributed by atoms with E-state index in [0.717, 1.165) is 12.8 Å². The van der Waals surface area contributed by atoms with Gasteiger partial charge in [-0.3, -0.25) is 4.79 Å². The molecule has 1 atom stereocenters. The zero-order valence-corrected chi connectivity index (χ0v) is 13.4. The number of carbonyl (C=O) groups is 1. The van der Waals surface area contributed by atoms with Gasteiger partial charge in [-0.05, 0) is 19.3 Å². The first-order chi connectivity index (χ1) is 9.94. The second-order valence-electron chi connectivity index (χ2n) is 5.63. The molecule has 1 aliphatic carbocycles. The summed E-state index contributed by atoms with van der Waals surface area (Å²) in [5.41, 5.74) is 0. The van der Waals surface area contributed by atoms with Crippen LogP contribution in [-0.2, 0) is 21.7 Å². The van der Waals surface area contributed by atoms with Crippen molar-refractivity contribution in [3.05, 3.63) is 5.82 Å². The van der Waals surface area contributed by atoms with Crippen molar-refractivity contribution >= 4 is 27.5 Å². The number of aromatic nitrogens is 3. The highest BCUT2D eigenvalue weighted by atomic mass is 32.2. The molecule has 1 aromatic rings. The van der Waals surface area contributed by atoms with Gasteiger partial charge in [0.05, 0.1) is 17.3 Å². The van der Waals surface area contributed by atoms with Gasteiger partial charge in [-0.2, -0.15) is 0 Å². The Labute approximate surface area is 127 Å². The smallest absolute Gasteiger partial charge is 0.230 e. The van der Waals surface area contributed by atoms with E-state index in [0.29, 0.717) is 29.2 Å². The second-order valence-corrected chi connectivity index (χ2v) is 8.80. The Bertz CT molecular complexity index is 651. The van der Waals surface area contributed by atoms with Crippen LogP contribution in [-0.4, -0.2) is 52.4 Å². The van der Waals surface area contributed by atoms with Gasteiger partial charge < -0.3 is 9.88 Å². The third kappa shape index (κ3) is 3.57. The van der Waals surface area contributed by atoms with Crippen LogP contribution >= 0.6 is 11.8 Å². The van der Waals surface area contributed by atoms with Gasteiger partial charge in [0.25, 0.3) is 0 Å². The predicted molar refractivity (Wildman–Crippen MR) is 78.9 cm³/mol. The number of nitrogens with one attached hydrogen (secondary N) is 1. The first-order valence-corrected chi connectivity index (χ1v) is 9.77. The fraction of sp³-hybridized carbons (Fsp3) is 0.750. The summed E-state index contributed by atoms with van der Waals surface area (Å²) >= 11 is 1.33. The molecule has 0 spiro atoms. The first-order valence-electron chi connectivity index (χ1n) is 6.96. The van der Waals surface area contributed by atoms with Crippen molar-refractivity contribution < 1.29 is 13.2 Å². The average Bonchev–Trinajstić information content (AvgIpc) is 3.04. The van der Waals surface area contributed by atoms with Crippen LogP contribution in [0.2, 0.25) is 0 Å². The summed E-state index contributed by atoms with van der Waals surface area (Å²) in [6.45, 7) is 0. The van der Waals surface area contributed by atoms with E-state index in [1.807, 2.05) is 7.05 Å². The summed E-state index contributed by atoms with van der Waals surface area (Å²) in [4.78, 5) is 11.7. The minimum absolute atomic E-state index is 0.00972. The molecule has 2 heterocycles. The first kappa shape index (κ1) is 14.8. The largest absolute Gasteiger partial charge is 0.353 e. The van der Waals surface area contributed by atoms with Gasteiger partial charge in [0.15, 0.2) is 15.0 Å². The van der Waals surface area contributed by atoms with Crippen LogP contribution in [0.5, 0.6) is 0 Å². The number of thioether (sulfide) groups is 1. The Morgan fingerprint density at radius 2 is 2.14 bits per heavy atom. The quantitative estimate of drug-likeness (QED) is 0.769. The summed E-state index contributed by atoms with van der Waals surface area (Å²) < 4.78 is 24.9. The van der Waals surface area contributed by atoms with Crippen molar-refractivity contribution in [1.29, 1.82) is 0 Å². The van der Waals surface area contributed by atoms with E-state index < -0.39 is 9.84 Å². The maximum Gasteiger partial charge on any atom is 0.230 e. The molecular weight excluding hydrogens is 312 g/mol. The molecule has 1 aromatic heterocycles. The Hall–Kier alpha value is -1.09. The van der Waals surface area contributed by atoms with Crippen LogP contribution in [0.3, 0.4) is 0 Å². The Morgan fingerprint density at radius 3 is 2.76 bits per heavy atom. The predicted octanol–water partition coefficient (Wildman–Crippen LogP) is 0.0879. The zero-order chi connectivity index (χ0) is 15.0. The summed E-state index contributed by atoms with van der Waals surface area (Å²) in [7, 11) is -1.11. The lowest BCUT2D eigenvalue weighted by molar-refractivity contribution is -0.118. The van der Waals surface area contributed by atoms with Crippen molar-refractivity contribution in [1.82, 2.24) is 20.1 Å². The fourth-order valence-electron chi connectivity index (χ4n) is 2.43. The normalized spacial score (nSPS) is 24.1. The molecule has 0 unspecified atom stereocenters. The van der Waals surface area contributed by atoms with E-state index in [1.165, 1.54) is 11.8 Å². The molecule has 1 saturated carbocycles. The van der Waals surface area contributed by atoms with Crippen molar-refractivity contribution in [2.24, 2.45) is 7.05 Å². The number of carbonyl (C=O) groups excluding carboxylic acids is 1. The van der Waals surface area contributed by atoms with Crippen LogP contribution in [0.1, 0.15) is 31.0 Å². The third-order valence-corrected chi connectivity index (χ3v) is 6.53. The highest BCUT2D eigenvalue weighted by Gasteiger charge is 2.32. The summed E-state index contributed by atoms with van der Waals surface area (Å²) in [6, 6.07) is 0.358. The molecule has 3 rings (SSSR count). The SMILES string of the molecule is Cn1c(SCC(=O)NC2CC2)nnc1[C@H]1CCS(=O)(=O)C1. The van der Waals surface area contributed by atoms with Crippen LogP contribution < -0.4 is 5.32 Å². The molecule has 116 valence electrons. The van der Waals surface area contributed by atoms with E-state index in [4.69, 9.17) is 0 Å². The second kappa shape index (κ2) is 5.60. The van der Waals surface area contributed by atoms with E-state index in [1.54, 1.807) is 4.57 Å². The molecule has 1 amide bonds. The standard InChI is InChI=1S/C12H18N4O3S2/c1-16-11(8-4-5-21(18,19)7-8)14-15-12(16)20-6-10(17)13-9-2-3-9/h8-9H,2-7H2,1H3,(H,13,17)/t8-/m0/s1. The lowest BCUT2D eigenvalue weighted by Gasteiger charge is -2.08. The number of sulfone groups is 1. The Kier molecular flexibility index (Phi) is 3.96. The van der Waals surface area contributed by atoms with E-state index in [2.05, 4.69) is 15.5 Å². The number of hydrogen-bond acceptors (Lipinski definition) is 6. The van der Waals surface area contributed by atoms with E-state index in [9.17, 15) is 13.2 Å². The van der Waals surface area contributed by atoms with Gasteiger partial charge in [-0.25, -0.2) is 8.42 Å². The highest BCUT2D eigenvalue weighted by molar-refractivity contribution is 7.99. The molecule has 0 radical (unpaired) electrons. The average molecular weight is 330 g/mol. The molecule has 0 aromatic carbocycles. The Balaban J connectivity index is 1.61. The minimum Gasteiger partial charge on any atom is -0.353 e. The van der Waals surface area contributed by atoms with Crippen LogP contribution in [0.25, 0.3) is 0 Å². The zero-order valence-electron chi connectivity index (χ0n) is 11.8. The van der Waals surface area contributed by atoms with Crippen LogP contribution in [0.4, 0.5) is 0 Å². The molecule has 2 aliphatic rings. The number of rotatable bonds is 5. The molecule has 7 nitrogen and oxygen atoms in total. The van der Waals surface area contributed by atoms with Crippen molar-refractivity contribution in [3.63, 3.8) is 0 Å². The van der Waals surface area contributed by atoms with Gasteiger partial charge in [0.1, 0.15) is 5.82 Å². The Morgan fingerprint density at radius 1 is 1.38 bits per heavy atom. The molecule has 1 N–H and O–H groups in total. The number of nitrogens with zero attached hydrogens (tertiary/aromatic N) is 3. The lowest BCUT2D eigenvalue weighted by atomic mass is 10.1. The highest BCUT2D eigenvalue weighted by Crippen LogP contribution is 2.29. The molecule has 9 heteroatoms. The van der Waals surface area contributed by atoms with E-state index in [-0.39, 0.29) is 23.3 Å². The summed E-state index contributed by atoms with van der Waals surface area (Å²) in [5, 5.41) is 11.8. The molecular formula is C12H18N4O3S2. The number of hydrogen-bond donors (Lipinski definition) is 1. The van der Waals surface area contributed by atoms with Crippen molar-refractivity contribution in [2.45, 2.75) is 36.4 Å². The van der Waals surface area contributed by atoms with Crippen molar-refractivity contribution in [3.8, 4) is 0 Å². The topological polar surface area (TPSA) is 93.9 Å². The third-order valence-electron chi connectivity index (χ3n) is 3.74. The van der Waals surface area contributed by atoms with Crippen LogP contribution in [0.15, 0.2) is 5.16 Å². The molecule has 0 bridgehead atoms. The van der Waals surface area contributed by atoms with Gasteiger partial charge in [-0.1, -0.05) is 11.8 Å². The fourth-order valence-corrected chi connectivity index (χ4v) is 4.90. The van der Waals surface area contributed by atoms with Gasteiger partial charge in [0.2, 0.25) is 5.91 Å². The molecule has 1 aliphatic heterocycles. The lowest BCUT2D eigenvalue weighted by Crippen LogP contribution is -2.27. The monoisotopic (exact) mass is 330 g/mol. The summed E-state index contributed by atoms with van der Waals surface area (Å²) in [5.74, 6) is 1.30. The van der Waals surface area contributed by atoms with Gasteiger partial charge in [-0.15, -0.1) is 10.2 Å². The van der Waals surface area contributed by atoms with Gasteiger partial charge >= 0.3 is 0 Å². The molecule has 21 heavy (non-hydrogen) atoms. The molecule has 1 saturated heterocycles. The van der Waals surface area contributed by atoms with E-state index >= 15 is 0 Å². The van der Waals surface area contributed by atoms with Crippen LogP contribution in [0, 0.1) is 0 Å². The van der Waals surface area contributed by atoms with Gasteiger partial charge in [0, 0.05) is 19.0 Å².